The zero-order valence-corrected chi connectivity index (χ0v) is 10.1. The number of rotatable bonds is 1. The molecule has 4 nitrogen and oxygen atoms in total. The second-order valence-corrected chi connectivity index (χ2v) is 7.14. The molecule has 9 heteroatoms. The second kappa shape index (κ2) is 5.64. The van der Waals surface area contributed by atoms with Crippen molar-refractivity contribution in [2.24, 2.45) is 0 Å². The topological polar surface area (TPSA) is 68.3 Å². The van der Waals surface area contributed by atoms with Gasteiger partial charge in [-0.1, -0.05) is 18.2 Å². The van der Waals surface area contributed by atoms with Crippen LogP contribution < -0.4 is 0 Å². The number of benzene rings is 1. The number of hydrogen-bond acceptors (Lipinski definition) is 4. The summed E-state index contributed by atoms with van der Waals surface area (Å²) in [5.41, 5.74) is 0. The molecule has 0 N–H and O–H groups in total. The van der Waals surface area contributed by atoms with Gasteiger partial charge in [-0.25, -0.2) is 0 Å². The lowest BCUT2D eigenvalue weighted by atomic mass is 10.4. The average Bonchev–Trinajstić information content (AvgIpc) is 2.01. The molecule has 0 atom stereocenters. The van der Waals surface area contributed by atoms with Crippen molar-refractivity contribution in [2.45, 2.75) is 4.90 Å². The van der Waals surface area contributed by atoms with Gasteiger partial charge in [0, 0.05) is 21.4 Å². The fourth-order valence-electron chi connectivity index (χ4n) is 0.583. The van der Waals surface area contributed by atoms with Crippen LogP contribution in [0.5, 0.6) is 0 Å². The third-order valence-corrected chi connectivity index (χ3v) is 1.86. The van der Waals surface area contributed by atoms with Crippen LogP contribution in [-0.4, -0.2) is 16.8 Å². The first-order valence-electron chi connectivity index (χ1n) is 3.24. The number of halogens is 3. The van der Waals surface area contributed by atoms with E-state index < -0.39 is 18.5 Å². The zero-order chi connectivity index (χ0) is 12.1. The van der Waals surface area contributed by atoms with E-state index in [1.54, 1.807) is 6.07 Å². The molecule has 86 valence electrons. The third kappa shape index (κ3) is 9.92. The van der Waals surface area contributed by atoms with Crippen LogP contribution in [-0.2, 0) is 18.5 Å². The first-order chi connectivity index (χ1) is 6.61. The van der Waals surface area contributed by atoms with Gasteiger partial charge >= 0.3 is 18.5 Å². The van der Waals surface area contributed by atoms with Gasteiger partial charge in [-0.15, -0.1) is 3.89 Å². The van der Waals surface area contributed by atoms with Crippen molar-refractivity contribution in [3.8, 4) is 0 Å². The standard InChI is InChI=1S/C6H5FO2S.Cl2O2S/c7-10(8,9)6-4-2-1-3-5-6;1-5(2,3)4/h1-5H;. The molecule has 0 heterocycles. The van der Waals surface area contributed by atoms with Crippen molar-refractivity contribution >= 4 is 39.9 Å². The molecule has 0 aliphatic rings. The van der Waals surface area contributed by atoms with Crippen molar-refractivity contribution in [1.82, 2.24) is 0 Å². The largest absolute Gasteiger partial charge is 0.332 e. The summed E-state index contributed by atoms with van der Waals surface area (Å²) in [6, 6.07) is 6.96. The average molecular weight is 295 g/mol. The Kier molecular flexibility index (Phi) is 5.50. The first kappa shape index (κ1) is 14.6. The first-order valence-corrected chi connectivity index (χ1v) is 7.76. The van der Waals surface area contributed by atoms with Gasteiger partial charge in [0.25, 0.3) is 0 Å². The van der Waals surface area contributed by atoms with Gasteiger partial charge in [-0.05, 0) is 12.1 Å². The fraction of sp³-hybridized carbons (Fsp3) is 0. The molecule has 0 aliphatic carbocycles. The molecule has 0 saturated heterocycles. The maximum Gasteiger partial charge on any atom is 0.332 e. The van der Waals surface area contributed by atoms with Crippen LogP contribution in [0.3, 0.4) is 0 Å². The predicted octanol–water partition coefficient (Wildman–Crippen LogP) is 2.05. The predicted molar refractivity (Wildman–Crippen MR) is 55.4 cm³/mol. The normalized spacial score (nSPS) is 11.4. The zero-order valence-electron chi connectivity index (χ0n) is 6.97. The maximum atomic E-state index is 12.1. The summed E-state index contributed by atoms with van der Waals surface area (Å²) in [4.78, 5) is -0.296. The van der Waals surface area contributed by atoms with Crippen molar-refractivity contribution in [3.63, 3.8) is 0 Å². The Hall–Kier alpha value is -0.370. The maximum absolute atomic E-state index is 12.1. The highest BCUT2D eigenvalue weighted by Gasteiger charge is 2.08. The molecule has 1 aromatic rings. The van der Waals surface area contributed by atoms with E-state index in [1.165, 1.54) is 24.3 Å². The minimum atomic E-state index is -4.50. The van der Waals surface area contributed by atoms with Crippen molar-refractivity contribution in [1.29, 1.82) is 0 Å². The van der Waals surface area contributed by atoms with E-state index in [9.17, 15) is 12.3 Å². The van der Waals surface area contributed by atoms with E-state index in [0.717, 1.165) is 0 Å². The molecule has 0 spiro atoms. The summed E-state index contributed by atoms with van der Waals surface area (Å²) < 4.78 is 50.8. The van der Waals surface area contributed by atoms with Crippen LogP contribution in [0.25, 0.3) is 0 Å². The van der Waals surface area contributed by atoms with E-state index in [2.05, 4.69) is 21.4 Å². The quantitative estimate of drug-likeness (QED) is 0.744. The van der Waals surface area contributed by atoms with Gasteiger partial charge < -0.3 is 0 Å². The van der Waals surface area contributed by atoms with Crippen molar-refractivity contribution in [3.05, 3.63) is 30.3 Å². The summed E-state index contributed by atoms with van der Waals surface area (Å²) in [5.74, 6) is 0. The Bertz CT molecular complexity index is 489. The van der Waals surface area contributed by atoms with Gasteiger partial charge in [0.15, 0.2) is 0 Å². The van der Waals surface area contributed by atoms with Gasteiger partial charge in [0.1, 0.15) is 0 Å². The fourth-order valence-corrected chi connectivity index (χ4v) is 1.07. The Morgan fingerprint density at radius 2 is 1.27 bits per heavy atom. The van der Waals surface area contributed by atoms with Crippen LogP contribution >= 0.6 is 21.4 Å². The van der Waals surface area contributed by atoms with E-state index in [0.29, 0.717) is 0 Å². The van der Waals surface area contributed by atoms with E-state index in [-0.39, 0.29) is 4.90 Å². The van der Waals surface area contributed by atoms with Gasteiger partial charge in [0.2, 0.25) is 0 Å². The van der Waals surface area contributed by atoms with Crippen LogP contribution in [0.4, 0.5) is 3.89 Å². The Balaban J connectivity index is 0.000000336. The highest BCUT2D eigenvalue weighted by Crippen LogP contribution is 2.09. The van der Waals surface area contributed by atoms with E-state index in [4.69, 9.17) is 8.42 Å². The van der Waals surface area contributed by atoms with Crippen molar-refractivity contribution in [2.75, 3.05) is 0 Å². The highest BCUT2D eigenvalue weighted by atomic mass is 36.0. The lowest BCUT2D eigenvalue weighted by molar-refractivity contribution is 0.552. The summed E-state index contributed by atoms with van der Waals surface area (Å²) >= 11 is 0. The molecule has 0 aliphatic heterocycles. The second-order valence-electron chi connectivity index (χ2n) is 2.13. The number of hydrogen-bond donors (Lipinski definition) is 0. The molecule has 1 aromatic carbocycles. The molecule has 15 heavy (non-hydrogen) atoms. The Labute approximate surface area is 95.8 Å². The summed E-state index contributed by atoms with van der Waals surface area (Å²) in [5, 5.41) is 0. The van der Waals surface area contributed by atoms with E-state index >= 15 is 0 Å². The molecule has 1 rings (SSSR count). The van der Waals surface area contributed by atoms with Crippen LogP contribution in [0.15, 0.2) is 35.2 Å². The monoisotopic (exact) mass is 294 g/mol. The minimum absolute atomic E-state index is 0.296. The van der Waals surface area contributed by atoms with E-state index in [1.807, 2.05) is 0 Å². The van der Waals surface area contributed by atoms with Crippen LogP contribution in [0.1, 0.15) is 0 Å². The molecule has 0 aromatic heterocycles. The van der Waals surface area contributed by atoms with Crippen LogP contribution in [0.2, 0.25) is 0 Å². The van der Waals surface area contributed by atoms with Gasteiger partial charge in [-0.2, -0.15) is 16.8 Å². The summed E-state index contributed by atoms with van der Waals surface area (Å²) in [6.07, 6.45) is 0. The molecular formula is C6H5Cl2FO4S2. The Morgan fingerprint density at radius 1 is 0.933 bits per heavy atom. The SMILES string of the molecule is O=S(=O)(Cl)Cl.O=S(=O)(F)c1ccccc1. The molecular weight excluding hydrogens is 290 g/mol. The molecule has 0 bridgehead atoms. The highest BCUT2D eigenvalue weighted by molar-refractivity contribution is 8.31. The molecule has 0 amide bonds. The Morgan fingerprint density at radius 3 is 1.47 bits per heavy atom. The molecule has 0 saturated carbocycles. The molecule has 0 radical (unpaired) electrons. The molecule has 0 fully saturated rings. The lowest BCUT2D eigenvalue weighted by Gasteiger charge is -1.89. The van der Waals surface area contributed by atoms with Crippen molar-refractivity contribution < 1.29 is 20.7 Å². The smallest absolute Gasteiger partial charge is 0.195 e. The van der Waals surface area contributed by atoms with Gasteiger partial charge in [-0.3, -0.25) is 0 Å². The van der Waals surface area contributed by atoms with Gasteiger partial charge in [0.05, 0.1) is 4.90 Å². The summed E-state index contributed by atoms with van der Waals surface area (Å²) in [7, 11) is 0.310. The summed E-state index contributed by atoms with van der Waals surface area (Å²) in [6.45, 7) is 0. The minimum Gasteiger partial charge on any atom is -0.195 e. The lowest BCUT2D eigenvalue weighted by Crippen LogP contribution is -1.89. The van der Waals surface area contributed by atoms with Crippen LogP contribution in [0, 0.1) is 0 Å². The molecule has 0 unspecified atom stereocenters. The third-order valence-electron chi connectivity index (χ3n) is 1.02.